The molecule has 8 aromatic carbocycles. The van der Waals surface area contributed by atoms with E-state index in [4.69, 9.17) is 4.98 Å². The van der Waals surface area contributed by atoms with Gasteiger partial charge in [0, 0.05) is 55.8 Å². The molecule has 0 unspecified atom stereocenters. The second-order valence-corrected chi connectivity index (χ2v) is 14.0. The zero-order valence-corrected chi connectivity index (χ0v) is 30.4. The Kier molecular flexibility index (Phi) is 7.42. The summed E-state index contributed by atoms with van der Waals surface area (Å²) in [6, 6.07) is 75.2. The van der Waals surface area contributed by atoms with E-state index in [9.17, 15) is 0 Å². The second kappa shape index (κ2) is 13.0. The van der Waals surface area contributed by atoms with Crippen LogP contribution in [0.25, 0.3) is 72.3 Å². The normalized spacial score (nSPS) is 11.6. The largest absolute Gasteiger partial charge is 0.311 e. The van der Waals surface area contributed by atoms with Crippen molar-refractivity contribution in [2.75, 3.05) is 4.90 Å². The molecule has 264 valence electrons. The lowest BCUT2D eigenvalue weighted by Gasteiger charge is -2.25. The summed E-state index contributed by atoms with van der Waals surface area (Å²) in [5.74, 6) is 0.908. The molecule has 3 heterocycles. The molecular weight excluding hydrogens is 683 g/mol. The molecule has 0 fully saturated rings. The van der Waals surface area contributed by atoms with Gasteiger partial charge in [-0.1, -0.05) is 121 Å². The Morgan fingerprint density at radius 1 is 0.339 bits per heavy atom. The fraction of sp³-hybridized carbons (Fsp3) is 0. The number of hydrogen-bond donors (Lipinski definition) is 0. The highest BCUT2D eigenvalue weighted by Crippen LogP contribution is 2.45. The molecule has 0 bridgehead atoms. The predicted molar refractivity (Wildman–Crippen MR) is 232 cm³/mol. The van der Waals surface area contributed by atoms with Gasteiger partial charge in [-0.3, -0.25) is 9.13 Å². The van der Waals surface area contributed by atoms with Crippen LogP contribution in [0.5, 0.6) is 0 Å². The monoisotopic (exact) mass is 717 g/mol. The van der Waals surface area contributed by atoms with E-state index in [0.29, 0.717) is 0 Å². The Bertz CT molecular complexity index is 3110. The number of anilines is 3. The Hall–Kier alpha value is -7.63. The lowest BCUT2D eigenvalue weighted by atomic mass is 10.1. The molecule has 0 atom stereocenters. The Balaban J connectivity index is 1.21. The molecule has 0 saturated carbocycles. The Morgan fingerprint density at radius 2 is 0.804 bits per heavy atom. The van der Waals surface area contributed by atoms with Gasteiger partial charge in [-0.05, 0) is 91.0 Å². The van der Waals surface area contributed by atoms with Crippen LogP contribution < -0.4 is 4.90 Å². The molecule has 0 aliphatic heterocycles. The molecule has 11 aromatic rings. The number of nitrogens with zero attached hydrogens (tertiary/aromatic N) is 5. The first-order valence-electron chi connectivity index (χ1n) is 19.0. The first kappa shape index (κ1) is 31.9. The predicted octanol–water partition coefficient (Wildman–Crippen LogP) is 13.2. The highest BCUT2D eigenvalue weighted by molar-refractivity contribution is 6.28. The van der Waals surface area contributed by atoms with Gasteiger partial charge in [-0.15, -0.1) is 0 Å². The average molecular weight is 718 g/mol. The van der Waals surface area contributed by atoms with Crippen LogP contribution in [0.15, 0.2) is 212 Å². The van der Waals surface area contributed by atoms with E-state index in [-0.39, 0.29) is 0 Å². The van der Waals surface area contributed by atoms with Crippen LogP contribution in [0.2, 0.25) is 0 Å². The molecule has 56 heavy (non-hydrogen) atoms. The highest BCUT2D eigenvalue weighted by Gasteiger charge is 2.26. The number of hydrogen-bond acceptors (Lipinski definition) is 2. The Labute approximate surface area is 324 Å². The third kappa shape index (κ3) is 4.99. The van der Waals surface area contributed by atoms with Gasteiger partial charge in [0.25, 0.3) is 0 Å². The van der Waals surface area contributed by atoms with E-state index in [1.54, 1.807) is 0 Å². The molecule has 0 radical (unpaired) electrons. The van der Waals surface area contributed by atoms with Crippen LogP contribution in [0, 0.1) is 0 Å². The first-order valence-corrected chi connectivity index (χ1v) is 19.0. The maximum absolute atomic E-state index is 5.52. The minimum Gasteiger partial charge on any atom is -0.311 e. The number of aromatic nitrogens is 4. The van der Waals surface area contributed by atoms with Crippen LogP contribution in [0.4, 0.5) is 17.1 Å². The molecule has 5 heteroatoms. The summed E-state index contributed by atoms with van der Waals surface area (Å²) in [6.07, 6.45) is 0. The van der Waals surface area contributed by atoms with Crippen molar-refractivity contribution >= 4 is 60.9 Å². The zero-order valence-electron chi connectivity index (χ0n) is 30.4. The fourth-order valence-electron chi connectivity index (χ4n) is 8.46. The van der Waals surface area contributed by atoms with E-state index < -0.39 is 0 Å². The molecule has 0 saturated heterocycles. The van der Waals surface area contributed by atoms with Crippen LogP contribution in [-0.2, 0) is 0 Å². The lowest BCUT2D eigenvalue weighted by molar-refractivity contribution is 1.10. The number of para-hydroxylation sites is 5. The van der Waals surface area contributed by atoms with Crippen molar-refractivity contribution in [3.05, 3.63) is 212 Å². The molecule has 0 aliphatic carbocycles. The number of benzene rings is 8. The molecule has 5 nitrogen and oxygen atoms in total. The zero-order chi connectivity index (χ0) is 37.0. The summed E-state index contributed by atoms with van der Waals surface area (Å²) in [5, 5.41) is 3.57. The quantitative estimate of drug-likeness (QED) is 0.164. The van der Waals surface area contributed by atoms with Gasteiger partial charge in [0.05, 0.1) is 16.6 Å². The van der Waals surface area contributed by atoms with Gasteiger partial charge in [0.2, 0.25) is 0 Å². The SMILES string of the molecule is c1ccc(-c2nc3c(c4c5c6ccccc6n(-c6ccc(N(c7ccccc7)c7ccccc7)cc6)c5ccc4n3-c3ccccc3)n2-c2ccccc2)cc1. The summed E-state index contributed by atoms with van der Waals surface area (Å²) in [4.78, 5) is 7.82. The molecule has 0 amide bonds. The molecule has 0 aliphatic rings. The summed E-state index contributed by atoms with van der Waals surface area (Å²) >= 11 is 0. The van der Waals surface area contributed by atoms with Crippen molar-refractivity contribution in [3.8, 4) is 28.5 Å². The average Bonchev–Trinajstić information content (AvgIpc) is 3.93. The minimum absolute atomic E-state index is 0.908. The second-order valence-electron chi connectivity index (χ2n) is 14.0. The van der Waals surface area contributed by atoms with Crippen molar-refractivity contribution in [1.82, 2.24) is 18.7 Å². The molecule has 11 rings (SSSR count). The number of rotatable bonds is 7. The first-order chi connectivity index (χ1) is 27.8. The third-order valence-electron chi connectivity index (χ3n) is 10.8. The van der Waals surface area contributed by atoms with E-state index >= 15 is 0 Å². The number of fused-ring (bicyclic) bond motifs is 7. The molecule has 0 N–H and O–H groups in total. The highest BCUT2D eigenvalue weighted by atomic mass is 15.2. The third-order valence-corrected chi connectivity index (χ3v) is 10.8. The van der Waals surface area contributed by atoms with E-state index in [1.807, 2.05) is 0 Å². The fourth-order valence-corrected chi connectivity index (χ4v) is 8.46. The van der Waals surface area contributed by atoms with E-state index in [1.165, 1.54) is 16.2 Å². The lowest BCUT2D eigenvalue weighted by Crippen LogP contribution is -2.09. The van der Waals surface area contributed by atoms with Gasteiger partial charge >= 0.3 is 0 Å². The summed E-state index contributed by atoms with van der Waals surface area (Å²) in [6.45, 7) is 0. The summed E-state index contributed by atoms with van der Waals surface area (Å²) < 4.78 is 7.10. The van der Waals surface area contributed by atoms with Crippen LogP contribution in [0.1, 0.15) is 0 Å². The van der Waals surface area contributed by atoms with Crippen LogP contribution in [-0.4, -0.2) is 18.7 Å². The van der Waals surface area contributed by atoms with Crippen molar-refractivity contribution < 1.29 is 0 Å². The van der Waals surface area contributed by atoms with Gasteiger partial charge in [0.15, 0.2) is 5.65 Å². The molecule has 0 spiro atoms. The molecule has 3 aromatic heterocycles. The van der Waals surface area contributed by atoms with Gasteiger partial charge in [-0.2, -0.15) is 0 Å². The maximum Gasteiger partial charge on any atom is 0.165 e. The summed E-state index contributed by atoms with van der Waals surface area (Å²) in [5.41, 5.74) is 13.0. The maximum atomic E-state index is 5.52. The van der Waals surface area contributed by atoms with Crippen LogP contribution >= 0.6 is 0 Å². The van der Waals surface area contributed by atoms with Crippen molar-refractivity contribution in [2.24, 2.45) is 0 Å². The minimum atomic E-state index is 0.908. The standard InChI is InChI=1S/C51H35N5/c1-6-18-36(19-7-1)50-52-51-49(56(50)40-26-14-5-15-27-40)48-46(55(51)39-24-12-4-13-25-39)35-34-45-47(48)43-28-16-17-29-44(43)54(45)42-32-30-41(31-33-42)53(37-20-8-2-9-21-37)38-22-10-3-11-23-38/h1-35H. The smallest absolute Gasteiger partial charge is 0.165 e. The van der Waals surface area contributed by atoms with Crippen molar-refractivity contribution in [2.45, 2.75) is 0 Å². The van der Waals surface area contributed by atoms with Crippen molar-refractivity contribution in [3.63, 3.8) is 0 Å². The summed E-state index contributed by atoms with van der Waals surface area (Å²) in [7, 11) is 0. The van der Waals surface area contributed by atoms with Gasteiger partial charge in [0.1, 0.15) is 11.3 Å². The van der Waals surface area contributed by atoms with Gasteiger partial charge in [-0.25, -0.2) is 4.98 Å². The van der Waals surface area contributed by atoms with E-state index in [2.05, 4.69) is 231 Å². The Morgan fingerprint density at radius 3 is 1.41 bits per heavy atom. The van der Waals surface area contributed by atoms with Gasteiger partial charge < -0.3 is 9.47 Å². The molecular formula is C51H35N5. The van der Waals surface area contributed by atoms with Crippen molar-refractivity contribution in [1.29, 1.82) is 0 Å². The van der Waals surface area contributed by atoms with Crippen LogP contribution in [0.3, 0.4) is 0 Å². The number of imidazole rings is 1. The topological polar surface area (TPSA) is 30.9 Å². The van der Waals surface area contributed by atoms with E-state index in [0.717, 1.165) is 73.2 Å².